The van der Waals surface area contributed by atoms with Crippen molar-refractivity contribution in [1.82, 2.24) is 5.01 Å². The van der Waals surface area contributed by atoms with Crippen LogP contribution in [0.15, 0.2) is 84.0 Å². The summed E-state index contributed by atoms with van der Waals surface area (Å²) in [5, 5.41) is 6.62. The van der Waals surface area contributed by atoms with E-state index in [0.29, 0.717) is 23.0 Å². The van der Waals surface area contributed by atoms with Crippen LogP contribution in [-0.4, -0.2) is 37.0 Å². The minimum Gasteiger partial charge on any atom is -0.435 e. The summed E-state index contributed by atoms with van der Waals surface area (Å²) in [5.41, 5.74) is 3.10. The minimum atomic E-state index is -2.89. The van der Waals surface area contributed by atoms with Crippen molar-refractivity contribution < 1.29 is 18.3 Å². The predicted octanol–water partition coefficient (Wildman–Crippen LogP) is 6.00. The van der Waals surface area contributed by atoms with Crippen molar-refractivity contribution in [2.24, 2.45) is 5.10 Å². The molecule has 5 nitrogen and oxygen atoms in total. The van der Waals surface area contributed by atoms with Crippen molar-refractivity contribution >= 4 is 29.0 Å². The normalized spacial score (nSPS) is 15.6. The van der Waals surface area contributed by atoms with Gasteiger partial charge in [0.2, 0.25) is 0 Å². The Hall–Kier alpha value is -3.45. The standard InChI is InChI=1S/C24H20ClF2N3O2/c1-29(19-11-9-18(25)10-12-19)24(31)30-15-21(16-5-3-2-4-6-16)22(28-30)17-7-13-20(14-8-17)32-23(26)27/h2-14,21,23H,15H2,1H3. The van der Waals surface area contributed by atoms with Gasteiger partial charge in [0.25, 0.3) is 0 Å². The zero-order valence-electron chi connectivity index (χ0n) is 17.2. The molecule has 0 aromatic heterocycles. The van der Waals surface area contributed by atoms with Crippen molar-refractivity contribution in [1.29, 1.82) is 0 Å². The molecule has 1 aliphatic heterocycles. The molecule has 0 fully saturated rings. The van der Waals surface area contributed by atoms with E-state index in [9.17, 15) is 13.6 Å². The molecule has 3 aromatic rings. The van der Waals surface area contributed by atoms with Crippen LogP contribution < -0.4 is 9.64 Å². The van der Waals surface area contributed by atoms with Crippen molar-refractivity contribution in [2.75, 3.05) is 18.5 Å². The van der Waals surface area contributed by atoms with Gasteiger partial charge in [-0.2, -0.15) is 13.9 Å². The number of ether oxygens (including phenoxy) is 1. The Labute approximate surface area is 189 Å². The first-order valence-electron chi connectivity index (χ1n) is 9.92. The average Bonchev–Trinajstić information content (AvgIpc) is 3.25. The zero-order valence-corrected chi connectivity index (χ0v) is 17.9. The van der Waals surface area contributed by atoms with E-state index in [4.69, 9.17) is 11.6 Å². The van der Waals surface area contributed by atoms with Crippen LogP contribution in [0.1, 0.15) is 17.0 Å². The predicted molar refractivity (Wildman–Crippen MR) is 121 cm³/mol. The first-order chi connectivity index (χ1) is 15.4. The Kier molecular flexibility index (Phi) is 6.37. The van der Waals surface area contributed by atoms with Crippen LogP contribution >= 0.6 is 11.6 Å². The maximum absolute atomic E-state index is 13.2. The molecule has 0 aliphatic carbocycles. The van der Waals surface area contributed by atoms with Crippen LogP contribution in [0.2, 0.25) is 5.02 Å². The van der Waals surface area contributed by atoms with Crippen molar-refractivity contribution in [3.05, 3.63) is 95.0 Å². The second-order valence-corrected chi connectivity index (χ2v) is 7.69. The lowest BCUT2D eigenvalue weighted by molar-refractivity contribution is -0.0498. The lowest BCUT2D eigenvalue weighted by Gasteiger charge is -2.22. The summed E-state index contributed by atoms with van der Waals surface area (Å²) < 4.78 is 29.4. The quantitative estimate of drug-likeness (QED) is 0.473. The maximum atomic E-state index is 13.2. The first-order valence-corrected chi connectivity index (χ1v) is 10.3. The van der Waals surface area contributed by atoms with Crippen molar-refractivity contribution in [2.45, 2.75) is 12.5 Å². The molecule has 0 N–H and O–H groups in total. The van der Waals surface area contributed by atoms with Crippen molar-refractivity contribution in [3.8, 4) is 5.75 Å². The van der Waals surface area contributed by atoms with Crippen LogP contribution in [0.4, 0.5) is 19.3 Å². The number of nitrogens with zero attached hydrogens (tertiary/aromatic N) is 3. The molecule has 164 valence electrons. The van der Waals surface area contributed by atoms with Gasteiger partial charge in [-0.05, 0) is 59.7 Å². The van der Waals surface area contributed by atoms with Crippen LogP contribution in [-0.2, 0) is 0 Å². The fraction of sp³-hybridized carbons (Fsp3) is 0.167. The van der Waals surface area contributed by atoms with E-state index in [0.717, 1.165) is 11.1 Å². The Balaban J connectivity index is 1.64. The molecule has 0 radical (unpaired) electrons. The van der Waals surface area contributed by atoms with E-state index in [2.05, 4.69) is 9.84 Å². The first kappa shape index (κ1) is 21.8. The van der Waals surface area contributed by atoms with Gasteiger partial charge in [0, 0.05) is 23.7 Å². The number of hydrazone groups is 1. The molecule has 1 atom stereocenters. The number of hydrogen-bond acceptors (Lipinski definition) is 3. The molecule has 1 heterocycles. The molecular formula is C24H20ClF2N3O2. The molecule has 1 unspecified atom stereocenters. The van der Waals surface area contributed by atoms with Crippen LogP contribution in [0, 0.1) is 0 Å². The third-order valence-electron chi connectivity index (χ3n) is 5.21. The molecular weight excluding hydrogens is 436 g/mol. The van der Waals surface area contributed by atoms with Crippen LogP contribution in [0.3, 0.4) is 0 Å². The molecule has 3 aromatic carbocycles. The highest BCUT2D eigenvalue weighted by atomic mass is 35.5. The van der Waals surface area contributed by atoms with Gasteiger partial charge in [-0.3, -0.25) is 4.90 Å². The second kappa shape index (κ2) is 9.36. The van der Waals surface area contributed by atoms with Gasteiger partial charge in [-0.1, -0.05) is 41.9 Å². The number of halogens is 3. The fourth-order valence-corrected chi connectivity index (χ4v) is 3.71. The lowest BCUT2D eigenvalue weighted by atomic mass is 9.90. The number of carbonyl (C=O) groups is 1. The van der Waals surface area contributed by atoms with Crippen LogP contribution in [0.5, 0.6) is 5.75 Å². The molecule has 4 rings (SSSR count). The lowest BCUT2D eigenvalue weighted by Crippen LogP contribution is -2.37. The number of rotatable bonds is 5. The number of hydrogen-bond donors (Lipinski definition) is 0. The SMILES string of the molecule is CN(C(=O)N1CC(c2ccccc2)C(c2ccc(OC(F)F)cc2)=N1)c1ccc(Cl)cc1. The summed E-state index contributed by atoms with van der Waals surface area (Å²) in [6.45, 7) is -2.54. The van der Waals surface area contributed by atoms with E-state index in [1.165, 1.54) is 22.0 Å². The van der Waals surface area contributed by atoms with E-state index >= 15 is 0 Å². The van der Waals surface area contributed by atoms with Gasteiger partial charge >= 0.3 is 12.6 Å². The van der Waals surface area contributed by atoms with Gasteiger partial charge in [0.1, 0.15) is 5.75 Å². The van der Waals surface area contributed by atoms with Gasteiger partial charge in [-0.25, -0.2) is 9.80 Å². The smallest absolute Gasteiger partial charge is 0.387 e. The summed E-state index contributed by atoms with van der Waals surface area (Å²) in [4.78, 5) is 14.7. The zero-order chi connectivity index (χ0) is 22.7. The molecule has 0 saturated carbocycles. The van der Waals surface area contributed by atoms with Gasteiger partial charge in [0.05, 0.1) is 12.3 Å². The second-order valence-electron chi connectivity index (χ2n) is 7.25. The highest BCUT2D eigenvalue weighted by molar-refractivity contribution is 6.30. The number of alkyl halides is 2. The van der Waals surface area contributed by atoms with E-state index in [1.54, 1.807) is 43.4 Å². The summed E-state index contributed by atoms with van der Waals surface area (Å²) in [7, 11) is 1.67. The van der Waals surface area contributed by atoms with Crippen molar-refractivity contribution in [3.63, 3.8) is 0 Å². The molecule has 2 amide bonds. The average molecular weight is 456 g/mol. The third kappa shape index (κ3) is 4.73. The topological polar surface area (TPSA) is 45.1 Å². The number of urea groups is 1. The molecule has 0 spiro atoms. The number of carbonyl (C=O) groups excluding carboxylic acids is 1. The van der Waals surface area contributed by atoms with E-state index in [-0.39, 0.29) is 17.7 Å². The molecule has 0 saturated heterocycles. The van der Waals surface area contributed by atoms with E-state index < -0.39 is 6.61 Å². The molecule has 8 heteroatoms. The Morgan fingerprint density at radius 2 is 1.72 bits per heavy atom. The van der Waals surface area contributed by atoms with E-state index in [1.807, 2.05) is 30.3 Å². The Morgan fingerprint density at radius 1 is 1.06 bits per heavy atom. The highest BCUT2D eigenvalue weighted by Gasteiger charge is 2.33. The van der Waals surface area contributed by atoms with Crippen LogP contribution in [0.25, 0.3) is 0 Å². The monoisotopic (exact) mass is 455 g/mol. The largest absolute Gasteiger partial charge is 0.435 e. The number of amides is 2. The molecule has 1 aliphatic rings. The Bertz CT molecular complexity index is 1110. The van der Waals surface area contributed by atoms with Gasteiger partial charge < -0.3 is 4.74 Å². The number of anilines is 1. The summed E-state index contributed by atoms with van der Waals surface area (Å²) in [6, 6.07) is 22.7. The molecule has 32 heavy (non-hydrogen) atoms. The Morgan fingerprint density at radius 3 is 2.34 bits per heavy atom. The summed E-state index contributed by atoms with van der Waals surface area (Å²) in [6.07, 6.45) is 0. The molecule has 0 bridgehead atoms. The summed E-state index contributed by atoms with van der Waals surface area (Å²) in [5.74, 6) is -0.102. The summed E-state index contributed by atoms with van der Waals surface area (Å²) >= 11 is 5.95. The van der Waals surface area contributed by atoms with Gasteiger partial charge in [-0.15, -0.1) is 0 Å². The number of benzene rings is 3. The highest BCUT2D eigenvalue weighted by Crippen LogP contribution is 2.31. The van der Waals surface area contributed by atoms with Gasteiger partial charge in [0.15, 0.2) is 0 Å². The maximum Gasteiger partial charge on any atom is 0.387 e. The third-order valence-corrected chi connectivity index (χ3v) is 5.46. The fourth-order valence-electron chi connectivity index (χ4n) is 3.58. The minimum absolute atomic E-state index is 0.0639.